The monoisotopic (exact) mass is 242 g/mol. The molecule has 1 rings (SSSR count). The normalized spacial score (nSPS) is 10.2. The molecule has 2 N–H and O–H groups in total. The highest BCUT2D eigenvalue weighted by atomic mass is 79.9. The highest BCUT2D eigenvalue weighted by molar-refractivity contribution is 9.10. The molecule has 0 aliphatic heterocycles. The molecule has 0 fully saturated rings. The van der Waals surface area contributed by atoms with E-state index in [1.54, 1.807) is 6.07 Å². The molecule has 0 aromatic heterocycles. The molecule has 0 heterocycles. The van der Waals surface area contributed by atoms with E-state index in [1.807, 2.05) is 12.1 Å². The van der Waals surface area contributed by atoms with Gasteiger partial charge >= 0.3 is 7.12 Å². The molecule has 1 aromatic carbocycles. The second kappa shape index (κ2) is 4.79. The van der Waals surface area contributed by atoms with Gasteiger partial charge in [-0.25, -0.2) is 0 Å². The topological polar surface area (TPSA) is 40.5 Å². The molecule has 0 spiro atoms. The third-order valence-corrected chi connectivity index (χ3v) is 2.40. The number of halogens is 1. The van der Waals surface area contributed by atoms with E-state index in [9.17, 15) is 0 Å². The van der Waals surface area contributed by atoms with Gasteiger partial charge in [0.2, 0.25) is 0 Å². The van der Waals surface area contributed by atoms with Crippen LogP contribution in [0.15, 0.2) is 22.7 Å². The van der Waals surface area contributed by atoms with Crippen molar-refractivity contribution in [1.82, 2.24) is 0 Å². The van der Waals surface area contributed by atoms with Crippen LogP contribution in [-0.4, -0.2) is 17.2 Å². The van der Waals surface area contributed by atoms with Crippen molar-refractivity contribution in [2.24, 2.45) is 0 Å². The zero-order chi connectivity index (χ0) is 9.84. The molecule has 0 saturated carbocycles. The molecule has 13 heavy (non-hydrogen) atoms. The molecular weight excluding hydrogens is 231 g/mol. The molecule has 70 valence electrons. The number of aryl methyl sites for hydroxylation is 1. The molecule has 0 saturated heterocycles. The molecule has 0 aliphatic rings. The molecule has 2 nitrogen and oxygen atoms in total. The average Bonchev–Trinajstić information content (AvgIpc) is 2.04. The maximum absolute atomic E-state index is 9.06. The summed E-state index contributed by atoms with van der Waals surface area (Å²) < 4.78 is 0.973. The minimum atomic E-state index is -1.37. The van der Waals surface area contributed by atoms with Crippen molar-refractivity contribution in [3.8, 4) is 0 Å². The quantitative estimate of drug-likeness (QED) is 0.779. The molecule has 0 amide bonds. The predicted octanol–water partition coefficient (Wildman–Crippen LogP) is 1.08. The van der Waals surface area contributed by atoms with Crippen LogP contribution in [0.4, 0.5) is 0 Å². The van der Waals surface area contributed by atoms with Crippen molar-refractivity contribution < 1.29 is 10.0 Å². The fourth-order valence-corrected chi connectivity index (χ4v) is 1.72. The Hall–Kier alpha value is -0.315. The van der Waals surface area contributed by atoms with Crippen molar-refractivity contribution >= 4 is 28.5 Å². The summed E-state index contributed by atoms with van der Waals surface area (Å²) in [6, 6.07) is 5.48. The molecule has 0 atom stereocenters. The van der Waals surface area contributed by atoms with Gasteiger partial charge in [-0.15, -0.1) is 0 Å². The second-order valence-corrected chi connectivity index (χ2v) is 3.88. The summed E-state index contributed by atoms with van der Waals surface area (Å²) in [6.45, 7) is 2.06. The lowest BCUT2D eigenvalue weighted by Crippen LogP contribution is -2.32. The average molecular weight is 243 g/mol. The van der Waals surface area contributed by atoms with Crippen molar-refractivity contribution in [2.45, 2.75) is 19.8 Å². The summed E-state index contributed by atoms with van der Waals surface area (Å²) in [4.78, 5) is 0. The van der Waals surface area contributed by atoms with Crippen LogP contribution in [0, 0.1) is 0 Å². The Bertz CT molecular complexity index is 289. The lowest BCUT2D eigenvalue weighted by atomic mass is 9.76. The summed E-state index contributed by atoms with van der Waals surface area (Å²) in [5.41, 5.74) is 1.59. The molecular formula is C9H12BBrO2. The van der Waals surface area contributed by atoms with Gasteiger partial charge < -0.3 is 10.0 Å². The number of hydrogen-bond acceptors (Lipinski definition) is 2. The Balaban J connectivity index is 3.03. The smallest absolute Gasteiger partial charge is 0.423 e. The maximum atomic E-state index is 9.06. The predicted molar refractivity (Wildman–Crippen MR) is 58.0 cm³/mol. The van der Waals surface area contributed by atoms with Crippen LogP contribution >= 0.6 is 15.9 Å². The summed E-state index contributed by atoms with van der Waals surface area (Å²) in [5.74, 6) is 0. The van der Waals surface area contributed by atoms with Gasteiger partial charge in [-0.2, -0.15) is 0 Å². The van der Waals surface area contributed by atoms with Crippen LogP contribution in [0.25, 0.3) is 0 Å². The maximum Gasteiger partial charge on any atom is 0.488 e. The minimum Gasteiger partial charge on any atom is -0.423 e. The molecule has 0 aliphatic carbocycles. The van der Waals surface area contributed by atoms with Crippen molar-refractivity contribution in [3.05, 3.63) is 28.2 Å². The van der Waals surface area contributed by atoms with Gasteiger partial charge in [0, 0.05) is 4.47 Å². The van der Waals surface area contributed by atoms with Gasteiger partial charge in [0.25, 0.3) is 0 Å². The fraction of sp³-hybridized carbons (Fsp3) is 0.333. The van der Waals surface area contributed by atoms with Crippen LogP contribution in [-0.2, 0) is 6.42 Å². The molecule has 0 bridgehead atoms. The first-order valence-corrected chi connectivity index (χ1v) is 5.09. The summed E-state index contributed by atoms with van der Waals surface area (Å²) in [5, 5.41) is 18.1. The first-order valence-electron chi connectivity index (χ1n) is 4.29. The first-order chi connectivity index (χ1) is 6.15. The summed E-state index contributed by atoms with van der Waals surface area (Å²) >= 11 is 3.35. The Morgan fingerprint density at radius 3 is 2.62 bits per heavy atom. The van der Waals surface area contributed by atoms with E-state index in [2.05, 4.69) is 22.9 Å². The van der Waals surface area contributed by atoms with E-state index in [0.717, 1.165) is 22.9 Å². The second-order valence-electron chi connectivity index (χ2n) is 2.97. The van der Waals surface area contributed by atoms with E-state index in [1.165, 1.54) is 0 Å². The zero-order valence-electron chi connectivity index (χ0n) is 7.50. The standard InChI is InChI=1S/C9H12BBrO2/c1-2-3-7-6-8(11)4-5-9(7)10(12)13/h4-6,12-13H,2-3H2,1H3. The number of benzene rings is 1. The van der Waals surface area contributed by atoms with Gasteiger partial charge in [0.05, 0.1) is 0 Å². The largest absolute Gasteiger partial charge is 0.488 e. The van der Waals surface area contributed by atoms with E-state index in [0.29, 0.717) is 5.46 Å². The van der Waals surface area contributed by atoms with Gasteiger partial charge in [-0.05, 0) is 29.6 Å². The molecule has 1 aromatic rings. The van der Waals surface area contributed by atoms with Crippen LogP contribution in [0.1, 0.15) is 18.9 Å². The minimum absolute atomic E-state index is 0.602. The fourth-order valence-electron chi connectivity index (χ4n) is 1.31. The lowest BCUT2D eigenvalue weighted by molar-refractivity contribution is 0.425. The third kappa shape index (κ3) is 2.83. The Kier molecular flexibility index (Phi) is 3.97. The highest BCUT2D eigenvalue weighted by Crippen LogP contribution is 2.11. The Morgan fingerprint density at radius 1 is 1.38 bits per heavy atom. The first kappa shape index (κ1) is 10.8. The Labute approximate surface area is 86.9 Å². The van der Waals surface area contributed by atoms with Crippen molar-refractivity contribution in [1.29, 1.82) is 0 Å². The SMILES string of the molecule is CCCc1cc(Br)ccc1B(O)O. The van der Waals surface area contributed by atoms with E-state index in [4.69, 9.17) is 10.0 Å². The van der Waals surface area contributed by atoms with Gasteiger partial charge in [0.15, 0.2) is 0 Å². The van der Waals surface area contributed by atoms with E-state index in [-0.39, 0.29) is 0 Å². The van der Waals surface area contributed by atoms with Crippen LogP contribution in [0.2, 0.25) is 0 Å². The van der Waals surface area contributed by atoms with Gasteiger partial charge in [-0.1, -0.05) is 35.3 Å². The summed E-state index contributed by atoms with van der Waals surface area (Å²) in [6.07, 6.45) is 1.86. The lowest BCUT2D eigenvalue weighted by Gasteiger charge is -2.07. The van der Waals surface area contributed by atoms with Crippen LogP contribution in [0.3, 0.4) is 0 Å². The van der Waals surface area contributed by atoms with Crippen molar-refractivity contribution in [2.75, 3.05) is 0 Å². The number of rotatable bonds is 3. The Morgan fingerprint density at radius 2 is 2.08 bits per heavy atom. The van der Waals surface area contributed by atoms with E-state index >= 15 is 0 Å². The zero-order valence-corrected chi connectivity index (χ0v) is 9.08. The van der Waals surface area contributed by atoms with E-state index < -0.39 is 7.12 Å². The number of hydrogen-bond donors (Lipinski definition) is 2. The van der Waals surface area contributed by atoms with Gasteiger partial charge in [0.1, 0.15) is 0 Å². The summed E-state index contributed by atoms with van der Waals surface area (Å²) in [7, 11) is -1.37. The van der Waals surface area contributed by atoms with Gasteiger partial charge in [-0.3, -0.25) is 0 Å². The van der Waals surface area contributed by atoms with Crippen LogP contribution in [0.5, 0.6) is 0 Å². The highest BCUT2D eigenvalue weighted by Gasteiger charge is 2.14. The van der Waals surface area contributed by atoms with Crippen LogP contribution < -0.4 is 5.46 Å². The van der Waals surface area contributed by atoms with Crippen molar-refractivity contribution in [3.63, 3.8) is 0 Å². The molecule has 0 radical (unpaired) electrons. The molecule has 0 unspecified atom stereocenters. The third-order valence-electron chi connectivity index (χ3n) is 1.90. The molecule has 4 heteroatoms.